The number of rotatable bonds is 5. The molecule has 0 bridgehead atoms. The summed E-state index contributed by atoms with van der Waals surface area (Å²) >= 11 is 0. The molecule has 3 aromatic heterocycles. The summed E-state index contributed by atoms with van der Waals surface area (Å²) in [6.07, 6.45) is 11.6. The molecule has 3 aromatic rings. The van der Waals surface area contributed by atoms with Crippen LogP contribution in [0.25, 0.3) is 22.2 Å². The number of methoxy groups -OCH3 is 1. The van der Waals surface area contributed by atoms with Crippen LogP contribution in [0.1, 0.15) is 61.3 Å². The fourth-order valence-corrected chi connectivity index (χ4v) is 4.84. The molecule has 27 heavy (non-hydrogen) atoms. The van der Waals surface area contributed by atoms with Crippen LogP contribution in [0.2, 0.25) is 0 Å². The molecule has 0 amide bonds. The first-order chi connectivity index (χ1) is 13.4. The summed E-state index contributed by atoms with van der Waals surface area (Å²) in [7, 11) is 1.69. The zero-order chi connectivity index (χ0) is 18.2. The van der Waals surface area contributed by atoms with Crippen molar-refractivity contribution in [1.82, 2.24) is 15.0 Å². The maximum Gasteiger partial charge on any atom is 0.229 e. The Labute approximate surface area is 158 Å². The van der Waals surface area contributed by atoms with E-state index in [0.717, 1.165) is 35.3 Å². The van der Waals surface area contributed by atoms with Gasteiger partial charge < -0.3 is 14.5 Å². The van der Waals surface area contributed by atoms with E-state index in [1.807, 2.05) is 0 Å². The maximum absolute atomic E-state index is 6.23. The molecule has 3 heterocycles. The number of furan rings is 1. The summed E-state index contributed by atoms with van der Waals surface area (Å²) in [6.45, 7) is 1.30. The van der Waals surface area contributed by atoms with Gasteiger partial charge in [-0.25, -0.2) is 15.0 Å². The number of ether oxygens (including phenoxy) is 1. The molecule has 5 rings (SSSR count). The first-order valence-electron chi connectivity index (χ1n) is 10.2. The van der Waals surface area contributed by atoms with Crippen LogP contribution >= 0.6 is 0 Å². The second-order valence-corrected chi connectivity index (χ2v) is 7.74. The average molecular weight is 366 g/mol. The van der Waals surface area contributed by atoms with Crippen LogP contribution in [0.5, 0.6) is 0 Å². The summed E-state index contributed by atoms with van der Waals surface area (Å²) in [5, 5.41) is 4.40. The van der Waals surface area contributed by atoms with E-state index in [2.05, 4.69) is 15.3 Å². The van der Waals surface area contributed by atoms with Crippen LogP contribution in [0.15, 0.2) is 10.7 Å². The number of pyridine rings is 1. The van der Waals surface area contributed by atoms with E-state index in [0.29, 0.717) is 24.7 Å². The van der Waals surface area contributed by atoms with Crippen molar-refractivity contribution in [3.05, 3.63) is 23.1 Å². The van der Waals surface area contributed by atoms with Crippen LogP contribution in [0.3, 0.4) is 0 Å². The Morgan fingerprint density at radius 1 is 1.11 bits per heavy atom. The second-order valence-electron chi connectivity index (χ2n) is 7.74. The zero-order valence-electron chi connectivity index (χ0n) is 15.9. The standard InChI is InChI=1S/C21H26N4O2/c1-26-11-10-22-20-19-18(23-12-24-20)16-14-8-5-9-15(14)17(25-21(16)27-19)13-6-3-2-4-7-13/h12-13H,2-11H2,1H3,(H,22,23,24). The summed E-state index contributed by atoms with van der Waals surface area (Å²) in [5.74, 6) is 1.31. The van der Waals surface area contributed by atoms with E-state index in [1.165, 1.54) is 55.3 Å². The van der Waals surface area contributed by atoms with Crippen molar-refractivity contribution < 1.29 is 9.15 Å². The molecular formula is C21H26N4O2. The Bertz CT molecular complexity index is 975. The third kappa shape index (κ3) is 2.87. The van der Waals surface area contributed by atoms with Crippen molar-refractivity contribution in [3.8, 4) is 0 Å². The molecule has 0 aromatic carbocycles. The molecule has 0 spiro atoms. The predicted octanol–water partition coefficient (Wildman–Crippen LogP) is 4.37. The van der Waals surface area contributed by atoms with Gasteiger partial charge in [0.25, 0.3) is 0 Å². The lowest BCUT2D eigenvalue weighted by Crippen LogP contribution is -2.10. The lowest BCUT2D eigenvalue weighted by Gasteiger charge is -2.23. The summed E-state index contributed by atoms with van der Waals surface area (Å²) in [4.78, 5) is 14.0. The highest BCUT2D eigenvalue weighted by Gasteiger charge is 2.29. The number of fused-ring (bicyclic) bond motifs is 5. The molecule has 0 saturated heterocycles. The van der Waals surface area contributed by atoms with Gasteiger partial charge in [0, 0.05) is 19.6 Å². The minimum atomic E-state index is 0.591. The molecule has 0 unspecified atom stereocenters. The van der Waals surface area contributed by atoms with E-state index in [4.69, 9.17) is 14.1 Å². The Morgan fingerprint density at radius 3 is 2.81 bits per heavy atom. The second kappa shape index (κ2) is 7.08. The molecule has 2 aliphatic carbocycles. The molecule has 6 heteroatoms. The zero-order valence-corrected chi connectivity index (χ0v) is 15.9. The van der Waals surface area contributed by atoms with Crippen molar-refractivity contribution in [3.63, 3.8) is 0 Å². The minimum absolute atomic E-state index is 0.591. The van der Waals surface area contributed by atoms with Crippen LogP contribution < -0.4 is 5.32 Å². The van der Waals surface area contributed by atoms with Crippen LogP contribution in [0.4, 0.5) is 5.82 Å². The van der Waals surface area contributed by atoms with Crippen LogP contribution in [-0.4, -0.2) is 35.2 Å². The van der Waals surface area contributed by atoms with Gasteiger partial charge in [0.2, 0.25) is 5.71 Å². The Hall–Kier alpha value is -2.21. The van der Waals surface area contributed by atoms with E-state index in [1.54, 1.807) is 13.4 Å². The van der Waals surface area contributed by atoms with Gasteiger partial charge in [0.05, 0.1) is 17.7 Å². The van der Waals surface area contributed by atoms with Gasteiger partial charge in [-0.2, -0.15) is 0 Å². The largest absolute Gasteiger partial charge is 0.432 e. The highest BCUT2D eigenvalue weighted by molar-refractivity contribution is 6.06. The number of anilines is 1. The minimum Gasteiger partial charge on any atom is -0.432 e. The molecule has 0 radical (unpaired) electrons. The number of aromatic nitrogens is 3. The quantitative estimate of drug-likeness (QED) is 0.676. The van der Waals surface area contributed by atoms with Gasteiger partial charge in [0.1, 0.15) is 11.8 Å². The fourth-order valence-electron chi connectivity index (χ4n) is 4.84. The van der Waals surface area contributed by atoms with Gasteiger partial charge in [-0.3, -0.25) is 0 Å². The molecule has 0 atom stereocenters. The van der Waals surface area contributed by atoms with Crippen LogP contribution in [0, 0.1) is 0 Å². The number of hydrogen-bond donors (Lipinski definition) is 1. The summed E-state index contributed by atoms with van der Waals surface area (Å²) < 4.78 is 11.4. The van der Waals surface area contributed by atoms with Gasteiger partial charge in [-0.05, 0) is 43.2 Å². The van der Waals surface area contributed by atoms with E-state index in [-0.39, 0.29) is 0 Å². The molecule has 0 aliphatic heterocycles. The number of hydrogen-bond acceptors (Lipinski definition) is 6. The normalized spacial score (nSPS) is 17.7. The topological polar surface area (TPSA) is 73.1 Å². The number of nitrogens with zero attached hydrogens (tertiary/aromatic N) is 3. The molecule has 1 fully saturated rings. The van der Waals surface area contributed by atoms with Gasteiger partial charge in [0.15, 0.2) is 11.4 Å². The van der Waals surface area contributed by atoms with Crippen molar-refractivity contribution in [2.24, 2.45) is 0 Å². The first kappa shape index (κ1) is 16.9. The maximum atomic E-state index is 6.23. The molecular weight excluding hydrogens is 340 g/mol. The Kier molecular flexibility index (Phi) is 4.44. The van der Waals surface area contributed by atoms with Crippen molar-refractivity contribution in [2.45, 2.75) is 57.3 Å². The van der Waals surface area contributed by atoms with Crippen molar-refractivity contribution >= 4 is 28.0 Å². The molecule has 1 saturated carbocycles. The van der Waals surface area contributed by atoms with Gasteiger partial charge in [-0.15, -0.1) is 0 Å². The molecule has 6 nitrogen and oxygen atoms in total. The highest BCUT2D eigenvalue weighted by atomic mass is 16.5. The van der Waals surface area contributed by atoms with Crippen molar-refractivity contribution in [2.75, 3.05) is 25.6 Å². The van der Waals surface area contributed by atoms with Gasteiger partial charge >= 0.3 is 0 Å². The average Bonchev–Trinajstić information content (AvgIpc) is 3.32. The van der Waals surface area contributed by atoms with Crippen LogP contribution in [-0.2, 0) is 17.6 Å². The lowest BCUT2D eigenvalue weighted by molar-refractivity contribution is 0.210. The van der Waals surface area contributed by atoms with Gasteiger partial charge in [-0.1, -0.05) is 19.3 Å². The molecule has 142 valence electrons. The first-order valence-corrected chi connectivity index (χ1v) is 10.2. The van der Waals surface area contributed by atoms with E-state index >= 15 is 0 Å². The third-order valence-electron chi connectivity index (χ3n) is 6.09. The number of aryl methyl sites for hydroxylation is 1. The number of nitrogens with one attached hydrogen (secondary N) is 1. The van der Waals surface area contributed by atoms with E-state index < -0.39 is 0 Å². The van der Waals surface area contributed by atoms with Crippen molar-refractivity contribution in [1.29, 1.82) is 0 Å². The molecule has 2 aliphatic rings. The highest BCUT2D eigenvalue weighted by Crippen LogP contribution is 2.42. The Morgan fingerprint density at radius 2 is 1.96 bits per heavy atom. The SMILES string of the molecule is COCCNc1ncnc2c1oc1nc(C3CCCCC3)c3c(c12)CCC3. The summed E-state index contributed by atoms with van der Waals surface area (Å²) in [6, 6.07) is 0. The third-order valence-corrected chi connectivity index (χ3v) is 6.09. The molecule has 1 N–H and O–H groups in total. The monoisotopic (exact) mass is 366 g/mol. The fraction of sp³-hybridized carbons (Fsp3) is 0.571. The smallest absolute Gasteiger partial charge is 0.229 e. The lowest BCUT2D eigenvalue weighted by atomic mass is 9.84. The Balaban J connectivity index is 1.66. The summed E-state index contributed by atoms with van der Waals surface area (Å²) in [5.41, 5.74) is 6.54. The predicted molar refractivity (Wildman–Crippen MR) is 105 cm³/mol. The van der Waals surface area contributed by atoms with E-state index in [9.17, 15) is 0 Å².